The highest BCUT2D eigenvalue weighted by Gasteiger charge is 2.27. The first-order chi connectivity index (χ1) is 16.4. The number of anilines is 1. The number of fused-ring (bicyclic) bond motifs is 1. The summed E-state index contributed by atoms with van der Waals surface area (Å²) in [5, 5.41) is 0.595. The monoisotopic (exact) mass is 478 g/mol. The maximum absolute atomic E-state index is 12.8. The number of benzene rings is 2. The van der Waals surface area contributed by atoms with Crippen molar-refractivity contribution in [2.75, 3.05) is 31.1 Å². The van der Waals surface area contributed by atoms with E-state index in [9.17, 15) is 14.4 Å². The molecule has 4 aromatic rings. The summed E-state index contributed by atoms with van der Waals surface area (Å²) in [5.74, 6) is 0.569. The van der Waals surface area contributed by atoms with Crippen LogP contribution >= 0.6 is 11.6 Å². The number of aryl methyl sites for hydroxylation is 1. The van der Waals surface area contributed by atoms with Crippen LogP contribution in [0.3, 0.4) is 0 Å². The Balaban J connectivity index is 1.50. The number of nitrogens with one attached hydrogen (secondary N) is 1. The zero-order chi connectivity index (χ0) is 23.8. The van der Waals surface area contributed by atoms with E-state index in [-0.39, 0.29) is 5.91 Å². The number of carbonyl (C=O) groups excluding carboxylic acids is 1. The van der Waals surface area contributed by atoms with Crippen molar-refractivity contribution in [2.45, 2.75) is 6.54 Å². The molecule has 1 aliphatic heterocycles. The fourth-order valence-electron chi connectivity index (χ4n) is 4.30. The molecule has 0 saturated carbocycles. The minimum atomic E-state index is -0.519. The molecule has 34 heavy (non-hydrogen) atoms. The molecule has 1 fully saturated rings. The Morgan fingerprint density at radius 2 is 1.76 bits per heavy atom. The van der Waals surface area contributed by atoms with E-state index in [4.69, 9.17) is 16.6 Å². The van der Waals surface area contributed by atoms with Crippen LogP contribution in [0.1, 0.15) is 15.9 Å². The lowest BCUT2D eigenvalue weighted by molar-refractivity contribution is 0.0746. The van der Waals surface area contributed by atoms with Gasteiger partial charge in [0.05, 0.1) is 6.54 Å². The number of halogens is 1. The Morgan fingerprint density at radius 3 is 2.47 bits per heavy atom. The van der Waals surface area contributed by atoms with Gasteiger partial charge < -0.3 is 9.80 Å². The minimum Gasteiger partial charge on any atom is -0.339 e. The minimum absolute atomic E-state index is 0.00785. The van der Waals surface area contributed by atoms with Crippen molar-refractivity contribution in [3.05, 3.63) is 91.6 Å². The van der Waals surface area contributed by atoms with Crippen molar-refractivity contribution in [3.8, 4) is 0 Å². The molecule has 1 saturated heterocycles. The second-order valence-corrected chi connectivity index (χ2v) is 8.70. The average Bonchev–Trinajstić information content (AvgIpc) is 3.22. The van der Waals surface area contributed by atoms with Crippen LogP contribution in [-0.2, 0) is 13.6 Å². The molecule has 9 nitrogen and oxygen atoms in total. The molecular weight excluding hydrogens is 456 g/mol. The molecule has 174 valence electrons. The summed E-state index contributed by atoms with van der Waals surface area (Å²) in [7, 11) is 1.58. The van der Waals surface area contributed by atoms with Crippen molar-refractivity contribution in [3.63, 3.8) is 0 Å². The Bertz CT molecular complexity index is 1480. The maximum atomic E-state index is 12.8. The van der Waals surface area contributed by atoms with Gasteiger partial charge in [-0.3, -0.25) is 23.7 Å². The average molecular weight is 479 g/mol. The van der Waals surface area contributed by atoms with E-state index in [0.29, 0.717) is 60.4 Å². The highest BCUT2D eigenvalue weighted by atomic mass is 35.5. The van der Waals surface area contributed by atoms with E-state index in [0.717, 1.165) is 5.56 Å². The number of piperazine rings is 1. The Kier molecular flexibility index (Phi) is 5.70. The third-order valence-electron chi connectivity index (χ3n) is 6.09. The third kappa shape index (κ3) is 3.99. The predicted octanol–water partition coefficient (Wildman–Crippen LogP) is 2.09. The molecule has 0 aliphatic carbocycles. The van der Waals surface area contributed by atoms with Gasteiger partial charge in [-0.25, -0.2) is 4.79 Å². The van der Waals surface area contributed by atoms with Gasteiger partial charge >= 0.3 is 5.69 Å². The van der Waals surface area contributed by atoms with Gasteiger partial charge in [0, 0.05) is 43.8 Å². The number of hydrogen-bond acceptors (Lipinski definition) is 5. The molecule has 1 aliphatic rings. The summed E-state index contributed by atoms with van der Waals surface area (Å²) in [4.78, 5) is 48.8. The zero-order valence-electron chi connectivity index (χ0n) is 18.6. The van der Waals surface area contributed by atoms with E-state index in [1.807, 2.05) is 62.9 Å². The van der Waals surface area contributed by atoms with Gasteiger partial charge in [0.2, 0.25) is 5.95 Å². The molecule has 1 N–H and O–H groups in total. The van der Waals surface area contributed by atoms with Crippen LogP contribution < -0.4 is 16.1 Å². The van der Waals surface area contributed by atoms with Gasteiger partial charge in [-0.1, -0.05) is 41.9 Å². The first-order valence-corrected chi connectivity index (χ1v) is 11.3. The predicted molar refractivity (Wildman–Crippen MR) is 131 cm³/mol. The van der Waals surface area contributed by atoms with Crippen LogP contribution in [0.5, 0.6) is 0 Å². The summed E-state index contributed by atoms with van der Waals surface area (Å²) in [5.41, 5.74) is 1.19. The van der Waals surface area contributed by atoms with Crippen molar-refractivity contribution in [1.29, 1.82) is 0 Å². The van der Waals surface area contributed by atoms with Crippen LogP contribution in [0.15, 0.2) is 64.2 Å². The molecule has 0 radical (unpaired) electrons. The highest BCUT2D eigenvalue weighted by molar-refractivity contribution is 6.30. The van der Waals surface area contributed by atoms with Crippen LogP contribution in [0.25, 0.3) is 11.2 Å². The lowest BCUT2D eigenvalue weighted by Gasteiger charge is -2.35. The molecule has 1 amide bonds. The molecule has 0 bridgehead atoms. The molecule has 10 heteroatoms. The number of nitrogens with zero attached hydrogens (tertiary/aromatic N) is 5. The van der Waals surface area contributed by atoms with E-state index < -0.39 is 11.2 Å². The second kappa shape index (κ2) is 8.83. The molecule has 3 heterocycles. The van der Waals surface area contributed by atoms with Crippen LogP contribution in [0.2, 0.25) is 5.02 Å². The van der Waals surface area contributed by atoms with Crippen LogP contribution in [0, 0.1) is 0 Å². The molecule has 0 atom stereocenters. The van der Waals surface area contributed by atoms with Crippen molar-refractivity contribution in [1.82, 2.24) is 24.0 Å². The number of H-pyrrole nitrogens is 1. The molecule has 5 rings (SSSR count). The van der Waals surface area contributed by atoms with Gasteiger partial charge in [0.1, 0.15) is 0 Å². The SMILES string of the molecule is Cn1c(=O)[nH]c(=O)c2c1nc(N1CCN(C(=O)c3ccccc3)CC1)n2Cc1cccc(Cl)c1. The second-order valence-electron chi connectivity index (χ2n) is 8.26. The normalized spacial score (nSPS) is 14.1. The number of rotatable bonds is 4. The highest BCUT2D eigenvalue weighted by Crippen LogP contribution is 2.23. The van der Waals surface area contributed by atoms with Crippen molar-refractivity contribution >= 4 is 34.6 Å². The third-order valence-corrected chi connectivity index (χ3v) is 6.32. The first kappa shape index (κ1) is 22.0. The quantitative estimate of drug-likeness (QED) is 0.484. The van der Waals surface area contributed by atoms with E-state index in [2.05, 4.69) is 4.98 Å². The molecule has 2 aromatic heterocycles. The Morgan fingerprint density at radius 1 is 1.03 bits per heavy atom. The first-order valence-electron chi connectivity index (χ1n) is 11.0. The standard InChI is InChI=1S/C24H23ClN6O3/c1-28-20-19(21(32)27-24(28)34)31(15-16-6-5-9-18(25)14-16)23(26-20)30-12-10-29(11-13-30)22(33)17-7-3-2-4-8-17/h2-9,14H,10-13,15H2,1H3,(H,27,32,34). The molecule has 2 aromatic carbocycles. The summed E-state index contributed by atoms with van der Waals surface area (Å²) < 4.78 is 3.15. The lowest BCUT2D eigenvalue weighted by atomic mass is 10.2. The fraction of sp³-hybridized carbons (Fsp3) is 0.250. The molecular formula is C24H23ClN6O3. The molecule has 0 unspecified atom stereocenters. The van der Waals surface area contributed by atoms with E-state index in [1.165, 1.54) is 4.57 Å². The number of hydrogen-bond donors (Lipinski definition) is 1. The number of aromatic nitrogens is 4. The maximum Gasteiger partial charge on any atom is 0.329 e. The Hall–Kier alpha value is -3.85. The van der Waals surface area contributed by atoms with Crippen molar-refractivity contribution in [2.24, 2.45) is 7.05 Å². The van der Waals surface area contributed by atoms with Gasteiger partial charge in [-0.05, 0) is 29.8 Å². The zero-order valence-corrected chi connectivity index (χ0v) is 19.3. The topological polar surface area (TPSA) is 96.2 Å². The number of carbonyl (C=O) groups is 1. The van der Waals surface area contributed by atoms with Gasteiger partial charge in [-0.15, -0.1) is 0 Å². The lowest BCUT2D eigenvalue weighted by Crippen LogP contribution is -2.49. The Labute approximate surface area is 199 Å². The summed E-state index contributed by atoms with van der Waals surface area (Å²) in [6, 6.07) is 16.6. The number of imidazole rings is 1. The van der Waals surface area contributed by atoms with Gasteiger partial charge in [0.25, 0.3) is 11.5 Å². The number of aromatic amines is 1. The summed E-state index contributed by atoms with van der Waals surface area (Å²) in [6.45, 7) is 2.48. The van der Waals surface area contributed by atoms with Crippen LogP contribution in [0.4, 0.5) is 5.95 Å². The van der Waals surface area contributed by atoms with E-state index >= 15 is 0 Å². The van der Waals surface area contributed by atoms with Crippen LogP contribution in [-0.4, -0.2) is 56.1 Å². The molecule has 0 spiro atoms. The largest absolute Gasteiger partial charge is 0.339 e. The fourth-order valence-corrected chi connectivity index (χ4v) is 4.52. The smallest absolute Gasteiger partial charge is 0.329 e. The van der Waals surface area contributed by atoms with Crippen molar-refractivity contribution < 1.29 is 4.79 Å². The van der Waals surface area contributed by atoms with Gasteiger partial charge in [-0.2, -0.15) is 4.98 Å². The summed E-state index contributed by atoms with van der Waals surface area (Å²) >= 11 is 6.18. The van der Waals surface area contributed by atoms with Gasteiger partial charge in [0.15, 0.2) is 11.2 Å². The summed E-state index contributed by atoms with van der Waals surface area (Å²) in [6.07, 6.45) is 0. The van der Waals surface area contributed by atoms with E-state index in [1.54, 1.807) is 13.1 Å². The number of amides is 1.